The van der Waals surface area contributed by atoms with Crippen molar-refractivity contribution in [3.63, 3.8) is 0 Å². The van der Waals surface area contributed by atoms with Gasteiger partial charge in [-0.1, -0.05) is 11.6 Å². The number of benzene rings is 1. The molecule has 1 aliphatic rings. The molecule has 1 aromatic carbocycles. The zero-order valence-corrected chi connectivity index (χ0v) is 12.1. The third-order valence-corrected chi connectivity index (χ3v) is 3.45. The number of esters is 1. The van der Waals surface area contributed by atoms with Gasteiger partial charge in [-0.05, 0) is 30.7 Å². The molecule has 0 aliphatic carbocycles. The minimum Gasteiger partial charge on any atom is -0.480 e. The van der Waals surface area contributed by atoms with E-state index in [0.29, 0.717) is 23.7 Å². The molecule has 0 fully saturated rings. The Morgan fingerprint density at radius 3 is 2.90 bits per heavy atom. The van der Waals surface area contributed by atoms with Gasteiger partial charge in [0, 0.05) is 18.0 Å². The van der Waals surface area contributed by atoms with E-state index in [9.17, 15) is 9.59 Å². The zero-order valence-electron chi connectivity index (χ0n) is 11.4. The fraction of sp³-hybridized carbons (Fsp3) is 0.429. The molecule has 20 heavy (non-hydrogen) atoms. The summed E-state index contributed by atoms with van der Waals surface area (Å²) in [6.45, 7) is 2.16. The second kappa shape index (κ2) is 6.13. The summed E-state index contributed by atoms with van der Waals surface area (Å²) in [4.78, 5) is 25.1. The predicted octanol–water partition coefficient (Wildman–Crippen LogP) is 1.66. The third-order valence-electron chi connectivity index (χ3n) is 3.21. The van der Waals surface area contributed by atoms with Gasteiger partial charge in [-0.3, -0.25) is 9.59 Å². The van der Waals surface area contributed by atoms with Gasteiger partial charge in [-0.2, -0.15) is 0 Å². The van der Waals surface area contributed by atoms with Crippen LogP contribution in [0.2, 0.25) is 5.02 Å². The molecular formula is C14H16ClNO4. The fourth-order valence-electron chi connectivity index (χ4n) is 2.12. The van der Waals surface area contributed by atoms with Crippen LogP contribution in [0.25, 0.3) is 0 Å². The lowest BCUT2D eigenvalue weighted by molar-refractivity contribution is -0.149. The van der Waals surface area contributed by atoms with Crippen LogP contribution in [-0.4, -0.2) is 43.1 Å². The Morgan fingerprint density at radius 1 is 1.50 bits per heavy atom. The minimum absolute atomic E-state index is 0.0667. The Kier molecular flexibility index (Phi) is 4.49. The number of carbonyl (C=O) groups excluding carboxylic acids is 2. The van der Waals surface area contributed by atoms with E-state index in [-0.39, 0.29) is 12.5 Å². The first-order valence-electron chi connectivity index (χ1n) is 6.35. The molecule has 1 aliphatic heterocycles. The van der Waals surface area contributed by atoms with E-state index in [2.05, 4.69) is 4.74 Å². The number of carbonyl (C=O) groups is 2. The number of nitrogens with zero attached hydrogens (tertiary/aromatic N) is 1. The quantitative estimate of drug-likeness (QED) is 0.793. The first-order chi connectivity index (χ1) is 9.55. The van der Waals surface area contributed by atoms with Crippen LogP contribution in [0.15, 0.2) is 18.2 Å². The van der Waals surface area contributed by atoms with E-state index in [0.717, 1.165) is 5.56 Å². The van der Waals surface area contributed by atoms with E-state index in [4.69, 9.17) is 16.3 Å². The molecule has 0 radical (unpaired) electrons. The summed E-state index contributed by atoms with van der Waals surface area (Å²) in [6, 6.07) is 5.27. The van der Waals surface area contributed by atoms with Crippen LogP contribution in [0, 0.1) is 0 Å². The van der Waals surface area contributed by atoms with Crippen molar-refractivity contribution in [3.8, 4) is 5.75 Å². The molecule has 1 aromatic rings. The number of likely N-dealkylation sites (N-methyl/N-ethyl adjacent to an activating group) is 1. The highest BCUT2D eigenvalue weighted by molar-refractivity contribution is 6.30. The molecule has 1 amide bonds. The number of rotatable bonds is 4. The van der Waals surface area contributed by atoms with Crippen molar-refractivity contribution >= 4 is 23.5 Å². The maximum atomic E-state index is 12.3. The highest BCUT2D eigenvalue weighted by Gasteiger charge is 2.32. The monoisotopic (exact) mass is 297 g/mol. The van der Waals surface area contributed by atoms with Crippen LogP contribution in [0.5, 0.6) is 5.75 Å². The molecule has 1 heterocycles. The van der Waals surface area contributed by atoms with Crippen molar-refractivity contribution in [3.05, 3.63) is 28.8 Å². The maximum absolute atomic E-state index is 12.3. The van der Waals surface area contributed by atoms with Crippen LogP contribution >= 0.6 is 11.6 Å². The Bertz CT molecular complexity index is 532. The molecule has 1 atom stereocenters. The van der Waals surface area contributed by atoms with Gasteiger partial charge in [0.15, 0.2) is 6.10 Å². The molecule has 0 saturated heterocycles. The summed E-state index contributed by atoms with van der Waals surface area (Å²) >= 11 is 5.92. The van der Waals surface area contributed by atoms with Gasteiger partial charge in [-0.15, -0.1) is 0 Å². The lowest BCUT2D eigenvalue weighted by Crippen LogP contribution is -2.44. The van der Waals surface area contributed by atoms with E-state index in [1.165, 1.54) is 12.0 Å². The van der Waals surface area contributed by atoms with Crippen molar-refractivity contribution in [1.82, 2.24) is 4.90 Å². The molecule has 0 spiro atoms. The Morgan fingerprint density at radius 2 is 2.25 bits per heavy atom. The smallest absolute Gasteiger partial charge is 0.325 e. The van der Waals surface area contributed by atoms with Gasteiger partial charge in [-0.25, -0.2) is 0 Å². The van der Waals surface area contributed by atoms with Gasteiger partial charge in [0.2, 0.25) is 0 Å². The zero-order chi connectivity index (χ0) is 14.7. The molecule has 2 rings (SSSR count). The summed E-state index contributed by atoms with van der Waals surface area (Å²) in [5.74, 6) is 0.00542. The lowest BCUT2D eigenvalue weighted by Gasteiger charge is -2.22. The van der Waals surface area contributed by atoms with E-state index >= 15 is 0 Å². The first-order valence-corrected chi connectivity index (χ1v) is 6.73. The van der Waals surface area contributed by atoms with Crippen LogP contribution in [0.3, 0.4) is 0 Å². The molecule has 0 aromatic heterocycles. The van der Waals surface area contributed by atoms with Gasteiger partial charge < -0.3 is 14.4 Å². The number of methoxy groups -OCH3 is 1. The summed E-state index contributed by atoms with van der Waals surface area (Å²) in [5, 5.41) is 0.613. The van der Waals surface area contributed by atoms with Crippen molar-refractivity contribution in [2.75, 3.05) is 20.2 Å². The lowest BCUT2D eigenvalue weighted by atomic mass is 10.1. The first kappa shape index (κ1) is 14.7. The second-order valence-corrected chi connectivity index (χ2v) is 4.93. The molecule has 108 valence electrons. The summed E-state index contributed by atoms with van der Waals surface area (Å²) < 4.78 is 10.2. The summed E-state index contributed by atoms with van der Waals surface area (Å²) in [5.41, 5.74) is 0.907. The van der Waals surface area contributed by atoms with Gasteiger partial charge >= 0.3 is 5.97 Å². The van der Waals surface area contributed by atoms with E-state index < -0.39 is 12.1 Å². The normalized spacial score (nSPS) is 16.2. The SMILES string of the molecule is CCN(CC(=O)OC)C(=O)C1Cc2cc(Cl)ccc2O1. The van der Waals surface area contributed by atoms with E-state index in [1.807, 2.05) is 0 Å². The highest BCUT2D eigenvalue weighted by atomic mass is 35.5. The molecule has 5 nitrogen and oxygen atoms in total. The number of fused-ring (bicyclic) bond motifs is 1. The van der Waals surface area contributed by atoms with Crippen molar-refractivity contribution in [1.29, 1.82) is 0 Å². The molecule has 6 heteroatoms. The van der Waals surface area contributed by atoms with Crippen LogP contribution < -0.4 is 4.74 Å². The number of hydrogen-bond donors (Lipinski definition) is 0. The van der Waals surface area contributed by atoms with Gasteiger partial charge in [0.05, 0.1) is 7.11 Å². The van der Waals surface area contributed by atoms with Gasteiger partial charge in [0.25, 0.3) is 5.91 Å². The van der Waals surface area contributed by atoms with E-state index in [1.54, 1.807) is 25.1 Å². The van der Waals surface area contributed by atoms with Crippen LogP contribution in [0.4, 0.5) is 0 Å². The fourth-order valence-corrected chi connectivity index (χ4v) is 2.32. The second-order valence-electron chi connectivity index (χ2n) is 4.49. The maximum Gasteiger partial charge on any atom is 0.325 e. The number of hydrogen-bond acceptors (Lipinski definition) is 4. The average molecular weight is 298 g/mol. The largest absolute Gasteiger partial charge is 0.480 e. The molecule has 0 N–H and O–H groups in total. The van der Waals surface area contributed by atoms with Crippen molar-refractivity contribution < 1.29 is 19.1 Å². The Hall–Kier alpha value is -1.75. The molecule has 1 unspecified atom stereocenters. The van der Waals surface area contributed by atoms with Crippen molar-refractivity contribution in [2.24, 2.45) is 0 Å². The standard InChI is InChI=1S/C14H16ClNO4/c1-3-16(8-13(17)19-2)14(18)12-7-9-6-10(15)4-5-11(9)20-12/h4-6,12H,3,7-8H2,1-2H3. The highest BCUT2D eigenvalue weighted by Crippen LogP contribution is 2.31. The number of ether oxygens (including phenoxy) is 2. The Labute approximate surface area is 122 Å². The molecule has 0 bridgehead atoms. The van der Waals surface area contributed by atoms with Crippen LogP contribution in [-0.2, 0) is 20.7 Å². The topological polar surface area (TPSA) is 55.8 Å². The van der Waals surface area contributed by atoms with Crippen molar-refractivity contribution in [2.45, 2.75) is 19.4 Å². The molecular weight excluding hydrogens is 282 g/mol. The average Bonchev–Trinajstić information content (AvgIpc) is 2.86. The summed E-state index contributed by atoms with van der Waals surface area (Å²) in [6.07, 6.45) is -0.139. The minimum atomic E-state index is -0.604. The molecule has 0 saturated carbocycles. The number of amides is 1. The Balaban J connectivity index is 2.06. The van der Waals surface area contributed by atoms with Gasteiger partial charge in [0.1, 0.15) is 12.3 Å². The number of halogens is 1. The summed E-state index contributed by atoms with van der Waals surface area (Å²) in [7, 11) is 1.30. The predicted molar refractivity (Wildman–Crippen MR) is 73.8 cm³/mol. The third kappa shape index (κ3) is 3.04. The van der Waals surface area contributed by atoms with Crippen LogP contribution in [0.1, 0.15) is 12.5 Å².